The fourth-order valence-corrected chi connectivity index (χ4v) is 2.80. The Morgan fingerprint density at radius 2 is 2.04 bits per heavy atom. The minimum atomic E-state index is -0.0532. The van der Waals surface area contributed by atoms with Gasteiger partial charge in [0.05, 0.1) is 29.5 Å². The third-order valence-corrected chi connectivity index (χ3v) is 4.34. The Morgan fingerprint density at radius 3 is 2.78 bits per heavy atom. The number of carbonyl (C=O) groups excluding carboxylic acids is 1. The van der Waals surface area contributed by atoms with Gasteiger partial charge in [-0.05, 0) is 19.9 Å². The highest BCUT2D eigenvalue weighted by molar-refractivity contribution is 5.93. The van der Waals surface area contributed by atoms with Crippen LogP contribution in [0.4, 0.5) is 11.8 Å². The predicted octanol–water partition coefficient (Wildman–Crippen LogP) is 2.06. The number of benzene rings is 1. The van der Waals surface area contributed by atoms with Crippen molar-refractivity contribution in [3.63, 3.8) is 0 Å². The molecule has 1 aliphatic heterocycles. The van der Waals surface area contributed by atoms with E-state index in [1.807, 2.05) is 18.2 Å². The van der Waals surface area contributed by atoms with E-state index in [2.05, 4.69) is 49.7 Å². The second kappa shape index (κ2) is 7.24. The first kappa shape index (κ1) is 17.3. The number of aromatic nitrogens is 4. The maximum Gasteiger partial charge on any atom is 0.232 e. The molecule has 0 radical (unpaired) electrons. The standard InChI is InChI=1S/C19H21N7O/c1-11(2)23-17-10-21-9-16(24-17)12-3-4-13-8-22-19(25-15(13)5-12)26-18(27)14-6-20-7-14/h3-5,8-11,14,20H,6-7H2,1-2H3,(H,23,24)(H,22,25,26,27). The third-order valence-electron chi connectivity index (χ3n) is 4.34. The van der Waals surface area contributed by atoms with Gasteiger partial charge in [0, 0.05) is 36.3 Å². The molecule has 1 aromatic carbocycles. The molecule has 0 spiro atoms. The number of anilines is 2. The minimum absolute atomic E-state index is 0.0119. The molecule has 0 aliphatic carbocycles. The summed E-state index contributed by atoms with van der Waals surface area (Å²) in [6.45, 7) is 5.50. The molecular formula is C19H21N7O. The van der Waals surface area contributed by atoms with Crippen LogP contribution >= 0.6 is 0 Å². The monoisotopic (exact) mass is 363 g/mol. The van der Waals surface area contributed by atoms with Crippen LogP contribution in [-0.2, 0) is 4.79 Å². The maximum atomic E-state index is 12.1. The van der Waals surface area contributed by atoms with Gasteiger partial charge < -0.3 is 10.6 Å². The molecule has 3 aromatic rings. The summed E-state index contributed by atoms with van der Waals surface area (Å²) >= 11 is 0. The average molecular weight is 363 g/mol. The molecule has 8 heteroatoms. The van der Waals surface area contributed by atoms with E-state index < -0.39 is 0 Å². The SMILES string of the molecule is CC(C)Nc1cncc(-c2ccc3cnc(NC(=O)C4CNC4)nc3c2)n1. The lowest BCUT2D eigenvalue weighted by Gasteiger charge is -2.25. The van der Waals surface area contributed by atoms with Crippen LogP contribution < -0.4 is 16.0 Å². The van der Waals surface area contributed by atoms with Crippen molar-refractivity contribution in [2.75, 3.05) is 23.7 Å². The molecule has 1 amide bonds. The van der Waals surface area contributed by atoms with Crippen molar-refractivity contribution in [3.05, 3.63) is 36.8 Å². The summed E-state index contributed by atoms with van der Waals surface area (Å²) in [5.74, 6) is 0.981. The molecule has 1 saturated heterocycles. The first-order chi connectivity index (χ1) is 13.1. The Labute approximate surface area is 156 Å². The zero-order chi connectivity index (χ0) is 18.8. The lowest BCUT2D eigenvalue weighted by molar-refractivity contribution is -0.121. The Hall–Kier alpha value is -3.13. The van der Waals surface area contributed by atoms with Gasteiger partial charge in [0.2, 0.25) is 11.9 Å². The quantitative estimate of drug-likeness (QED) is 0.637. The summed E-state index contributed by atoms with van der Waals surface area (Å²) in [5, 5.41) is 10.0. The zero-order valence-electron chi connectivity index (χ0n) is 15.2. The minimum Gasteiger partial charge on any atom is -0.367 e. The zero-order valence-corrected chi connectivity index (χ0v) is 15.2. The Morgan fingerprint density at radius 1 is 1.19 bits per heavy atom. The predicted molar refractivity (Wildman–Crippen MR) is 104 cm³/mol. The molecule has 0 saturated carbocycles. The van der Waals surface area contributed by atoms with E-state index in [1.165, 1.54) is 0 Å². The molecule has 1 aliphatic rings. The van der Waals surface area contributed by atoms with Crippen molar-refractivity contribution >= 4 is 28.6 Å². The highest BCUT2D eigenvalue weighted by Crippen LogP contribution is 2.23. The summed E-state index contributed by atoms with van der Waals surface area (Å²) < 4.78 is 0. The van der Waals surface area contributed by atoms with E-state index in [4.69, 9.17) is 0 Å². The summed E-state index contributed by atoms with van der Waals surface area (Å²) in [4.78, 5) is 29.7. The van der Waals surface area contributed by atoms with Gasteiger partial charge >= 0.3 is 0 Å². The van der Waals surface area contributed by atoms with E-state index in [0.29, 0.717) is 19.0 Å². The largest absolute Gasteiger partial charge is 0.367 e. The first-order valence-corrected chi connectivity index (χ1v) is 8.96. The van der Waals surface area contributed by atoms with Crippen LogP contribution in [0.5, 0.6) is 0 Å². The maximum absolute atomic E-state index is 12.1. The molecule has 8 nitrogen and oxygen atoms in total. The number of carbonyl (C=O) groups is 1. The molecule has 27 heavy (non-hydrogen) atoms. The highest BCUT2D eigenvalue weighted by Gasteiger charge is 2.25. The second-order valence-corrected chi connectivity index (χ2v) is 6.90. The molecule has 0 atom stereocenters. The number of hydrogen-bond acceptors (Lipinski definition) is 7. The Kier molecular flexibility index (Phi) is 4.64. The van der Waals surface area contributed by atoms with Gasteiger partial charge in [0.15, 0.2) is 0 Å². The van der Waals surface area contributed by atoms with Crippen molar-refractivity contribution in [2.45, 2.75) is 19.9 Å². The molecule has 3 N–H and O–H groups in total. The molecule has 4 rings (SSSR count). The average Bonchev–Trinajstić information content (AvgIpc) is 2.59. The van der Waals surface area contributed by atoms with Crippen molar-refractivity contribution in [1.29, 1.82) is 0 Å². The van der Waals surface area contributed by atoms with Crippen LogP contribution in [0.25, 0.3) is 22.2 Å². The number of hydrogen-bond donors (Lipinski definition) is 3. The van der Waals surface area contributed by atoms with Crippen LogP contribution in [0.1, 0.15) is 13.8 Å². The van der Waals surface area contributed by atoms with Gasteiger partial charge in [-0.25, -0.2) is 15.0 Å². The van der Waals surface area contributed by atoms with Crippen molar-refractivity contribution < 1.29 is 4.79 Å². The molecule has 3 heterocycles. The number of fused-ring (bicyclic) bond motifs is 1. The van der Waals surface area contributed by atoms with E-state index in [1.54, 1.807) is 18.6 Å². The van der Waals surface area contributed by atoms with Crippen LogP contribution in [0.15, 0.2) is 36.8 Å². The van der Waals surface area contributed by atoms with Gasteiger partial charge in [0.25, 0.3) is 0 Å². The smallest absolute Gasteiger partial charge is 0.232 e. The highest BCUT2D eigenvalue weighted by atomic mass is 16.2. The summed E-state index contributed by atoms with van der Waals surface area (Å²) in [6, 6.07) is 6.11. The van der Waals surface area contributed by atoms with Gasteiger partial charge in [0.1, 0.15) is 5.82 Å². The summed E-state index contributed by atoms with van der Waals surface area (Å²) in [7, 11) is 0. The second-order valence-electron chi connectivity index (χ2n) is 6.90. The van der Waals surface area contributed by atoms with Crippen molar-refractivity contribution in [2.24, 2.45) is 5.92 Å². The van der Waals surface area contributed by atoms with Gasteiger partial charge in [-0.2, -0.15) is 0 Å². The first-order valence-electron chi connectivity index (χ1n) is 8.96. The summed E-state index contributed by atoms with van der Waals surface area (Å²) in [5.41, 5.74) is 2.41. The van der Waals surface area contributed by atoms with Crippen LogP contribution in [0, 0.1) is 5.92 Å². The van der Waals surface area contributed by atoms with Crippen LogP contribution in [-0.4, -0.2) is 45.0 Å². The molecule has 138 valence electrons. The van der Waals surface area contributed by atoms with E-state index in [0.717, 1.165) is 28.0 Å². The Balaban J connectivity index is 1.61. The lowest BCUT2D eigenvalue weighted by atomic mass is 10.0. The topological polar surface area (TPSA) is 105 Å². The summed E-state index contributed by atoms with van der Waals surface area (Å²) in [6.07, 6.45) is 5.14. The molecular weight excluding hydrogens is 342 g/mol. The van der Waals surface area contributed by atoms with E-state index in [-0.39, 0.29) is 17.9 Å². The number of rotatable bonds is 5. The Bertz CT molecular complexity index is 985. The molecule has 0 unspecified atom stereocenters. The fraction of sp³-hybridized carbons (Fsp3) is 0.316. The molecule has 2 aromatic heterocycles. The number of amides is 1. The van der Waals surface area contributed by atoms with Crippen LogP contribution in [0.2, 0.25) is 0 Å². The molecule has 0 bridgehead atoms. The van der Waals surface area contributed by atoms with Crippen LogP contribution in [0.3, 0.4) is 0 Å². The van der Waals surface area contributed by atoms with Gasteiger partial charge in [-0.15, -0.1) is 0 Å². The lowest BCUT2D eigenvalue weighted by Crippen LogP contribution is -2.48. The van der Waals surface area contributed by atoms with Gasteiger partial charge in [-0.3, -0.25) is 15.1 Å². The number of nitrogens with one attached hydrogen (secondary N) is 3. The van der Waals surface area contributed by atoms with E-state index in [9.17, 15) is 4.79 Å². The van der Waals surface area contributed by atoms with Crippen molar-refractivity contribution in [1.82, 2.24) is 25.3 Å². The third kappa shape index (κ3) is 3.85. The van der Waals surface area contributed by atoms with Crippen molar-refractivity contribution in [3.8, 4) is 11.3 Å². The van der Waals surface area contributed by atoms with E-state index >= 15 is 0 Å². The van der Waals surface area contributed by atoms with Gasteiger partial charge in [-0.1, -0.05) is 12.1 Å². The molecule has 1 fully saturated rings. The fourth-order valence-electron chi connectivity index (χ4n) is 2.80. The normalized spacial score (nSPS) is 14.2. The number of nitrogens with zero attached hydrogens (tertiary/aromatic N) is 4.